The molecule has 0 spiro atoms. The van der Waals surface area contributed by atoms with E-state index in [4.69, 9.17) is 4.74 Å². The number of fused-ring (bicyclic) bond motifs is 5. The molecule has 1 aromatic heterocycles. The number of hydrogen-bond acceptors (Lipinski definition) is 5. The second-order valence-electron chi connectivity index (χ2n) is 9.88. The van der Waals surface area contributed by atoms with Crippen LogP contribution in [0.25, 0.3) is 28.2 Å². The molecule has 8 nitrogen and oxygen atoms in total. The minimum atomic E-state index is -3.94. The Kier molecular flexibility index (Phi) is 8.61. The Morgan fingerprint density at radius 3 is 2.38 bits per heavy atom. The van der Waals surface area contributed by atoms with E-state index in [1.165, 1.54) is 33.2 Å². The van der Waals surface area contributed by atoms with Gasteiger partial charge in [0.25, 0.3) is 5.91 Å². The molecule has 0 radical (unpaired) electrons. The molecule has 0 atom stereocenters. The number of rotatable bonds is 5. The molecule has 208 valence electrons. The van der Waals surface area contributed by atoms with Crippen molar-refractivity contribution in [2.45, 2.75) is 58.4 Å². The Morgan fingerprint density at radius 1 is 1.03 bits per heavy atom. The Labute approximate surface area is 230 Å². The van der Waals surface area contributed by atoms with E-state index in [2.05, 4.69) is 15.4 Å². The number of ether oxygens (including phenoxy) is 1. The molecule has 9 heteroatoms. The summed E-state index contributed by atoms with van der Waals surface area (Å²) in [5.74, 6) is -0.758. The standard InChI is InChI=1S/C28H31N3O5S.C2H6/c1-30(2)37(34,35)29-27(32)20-13-14-23-24(16-20)31-17-21(28(33)36-3)15-19-11-7-8-12-22(19)26(31)25(23)18-9-5-4-6-10-18;1-2/h7-8,11-16,18H,4-6,9-10,17H2,1-3H3,(H,29,32);1-2H3. The quantitative estimate of drug-likeness (QED) is 0.423. The molecule has 1 aliphatic heterocycles. The van der Waals surface area contributed by atoms with Gasteiger partial charge in [-0.3, -0.25) is 4.79 Å². The fourth-order valence-electron chi connectivity index (χ4n) is 5.54. The summed E-state index contributed by atoms with van der Waals surface area (Å²) >= 11 is 0. The first-order valence-corrected chi connectivity index (χ1v) is 14.9. The van der Waals surface area contributed by atoms with E-state index in [1.54, 1.807) is 12.1 Å². The van der Waals surface area contributed by atoms with Crippen molar-refractivity contribution in [1.82, 2.24) is 13.6 Å². The third-order valence-corrected chi connectivity index (χ3v) is 8.81. The first kappa shape index (κ1) is 28.6. The molecule has 1 amide bonds. The molecule has 39 heavy (non-hydrogen) atoms. The zero-order chi connectivity index (χ0) is 28.3. The zero-order valence-electron chi connectivity index (χ0n) is 23.3. The van der Waals surface area contributed by atoms with Crippen LogP contribution >= 0.6 is 0 Å². The van der Waals surface area contributed by atoms with Crippen LogP contribution in [0.15, 0.2) is 48.0 Å². The second-order valence-corrected chi connectivity index (χ2v) is 11.8. The van der Waals surface area contributed by atoms with Crippen molar-refractivity contribution in [3.05, 3.63) is 64.7 Å². The van der Waals surface area contributed by atoms with E-state index >= 15 is 0 Å². The van der Waals surface area contributed by atoms with Gasteiger partial charge in [-0.1, -0.05) is 63.4 Å². The van der Waals surface area contributed by atoms with Crippen molar-refractivity contribution in [1.29, 1.82) is 0 Å². The van der Waals surface area contributed by atoms with Gasteiger partial charge in [0.2, 0.25) is 0 Å². The van der Waals surface area contributed by atoms with Gasteiger partial charge in [-0.25, -0.2) is 9.52 Å². The molecule has 3 aromatic rings. The highest BCUT2D eigenvalue weighted by Crippen LogP contribution is 2.46. The smallest absolute Gasteiger partial charge is 0.335 e. The molecular weight excluding hydrogens is 514 g/mol. The lowest BCUT2D eigenvalue weighted by molar-refractivity contribution is -0.136. The summed E-state index contributed by atoms with van der Waals surface area (Å²) in [6.07, 6.45) is 7.58. The third kappa shape index (κ3) is 5.51. The molecule has 0 bridgehead atoms. The molecule has 1 N–H and O–H groups in total. The zero-order valence-corrected chi connectivity index (χ0v) is 24.1. The maximum absolute atomic E-state index is 13.0. The predicted molar refractivity (Wildman–Crippen MR) is 155 cm³/mol. The Balaban J connectivity index is 0.00000172. The van der Waals surface area contributed by atoms with Crippen molar-refractivity contribution < 1.29 is 22.7 Å². The first-order valence-electron chi connectivity index (χ1n) is 13.5. The lowest BCUT2D eigenvalue weighted by Gasteiger charge is -2.24. The maximum atomic E-state index is 13.0. The largest absolute Gasteiger partial charge is 0.466 e. The summed E-state index contributed by atoms with van der Waals surface area (Å²) in [6, 6.07) is 13.3. The number of carbonyl (C=O) groups is 2. The molecule has 2 aromatic carbocycles. The van der Waals surface area contributed by atoms with Crippen LogP contribution in [0.3, 0.4) is 0 Å². The van der Waals surface area contributed by atoms with E-state index in [0.717, 1.165) is 57.7 Å². The van der Waals surface area contributed by atoms with Crippen LogP contribution in [-0.4, -0.2) is 50.4 Å². The van der Waals surface area contributed by atoms with Crippen LogP contribution in [0.2, 0.25) is 0 Å². The van der Waals surface area contributed by atoms with E-state index < -0.39 is 22.1 Å². The number of nitrogens with zero attached hydrogens (tertiary/aromatic N) is 2. The fraction of sp³-hybridized carbons (Fsp3) is 0.400. The lowest BCUT2D eigenvalue weighted by Crippen LogP contribution is -2.39. The maximum Gasteiger partial charge on any atom is 0.335 e. The van der Waals surface area contributed by atoms with Gasteiger partial charge >= 0.3 is 16.2 Å². The molecule has 5 rings (SSSR count). The second kappa shape index (κ2) is 11.8. The minimum absolute atomic E-state index is 0.231. The van der Waals surface area contributed by atoms with Gasteiger partial charge in [0.05, 0.1) is 24.9 Å². The molecule has 0 unspecified atom stereocenters. The number of esters is 1. The highest BCUT2D eigenvalue weighted by molar-refractivity contribution is 7.87. The molecule has 1 fully saturated rings. The Bertz CT molecular complexity index is 1530. The van der Waals surface area contributed by atoms with Gasteiger partial charge in [0.15, 0.2) is 0 Å². The first-order chi connectivity index (χ1) is 18.7. The van der Waals surface area contributed by atoms with Crippen LogP contribution in [0, 0.1) is 0 Å². The summed E-state index contributed by atoms with van der Waals surface area (Å²) in [7, 11) is 0.153. The fourth-order valence-corrected chi connectivity index (χ4v) is 6.08. The van der Waals surface area contributed by atoms with Crippen molar-refractivity contribution in [3.63, 3.8) is 0 Å². The highest BCUT2D eigenvalue weighted by atomic mass is 32.2. The van der Waals surface area contributed by atoms with Gasteiger partial charge in [0, 0.05) is 36.1 Å². The summed E-state index contributed by atoms with van der Waals surface area (Å²) < 4.78 is 34.8. The van der Waals surface area contributed by atoms with Crippen LogP contribution in [-0.2, 0) is 26.3 Å². The van der Waals surface area contributed by atoms with Gasteiger partial charge in [-0.05, 0) is 48.1 Å². The summed E-state index contributed by atoms with van der Waals surface area (Å²) in [4.78, 5) is 25.7. The normalized spacial score (nSPS) is 15.4. The highest BCUT2D eigenvalue weighted by Gasteiger charge is 2.30. The number of methoxy groups -OCH3 is 1. The minimum Gasteiger partial charge on any atom is -0.466 e. The topological polar surface area (TPSA) is 97.7 Å². The SMILES string of the molecule is CC.COC(=O)C1=Cc2ccccc2-c2c(C3CCCCC3)c3ccc(C(=O)NS(=O)(=O)N(C)C)cc3n2C1. The lowest BCUT2D eigenvalue weighted by atomic mass is 9.81. The van der Waals surface area contributed by atoms with Gasteiger partial charge in [0.1, 0.15) is 0 Å². The summed E-state index contributed by atoms with van der Waals surface area (Å²) in [6.45, 7) is 4.28. The monoisotopic (exact) mass is 551 g/mol. The number of benzene rings is 2. The van der Waals surface area contributed by atoms with E-state index in [9.17, 15) is 18.0 Å². The molecule has 2 aliphatic rings. The van der Waals surface area contributed by atoms with Crippen molar-refractivity contribution >= 4 is 39.1 Å². The van der Waals surface area contributed by atoms with Crippen molar-refractivity contribution in [2.75, 3.05) is 21.2 Å². The summed E-state index contributed by atoms with van der Waals surface area (Å²) in [5, 5.41) is 1.02. The molecular formula is C30H37N3O5S. The third-order valence-electron chi connectivity index (χ3n) is 7.40. The van der Waals surface area contributed by atoms with Crippen molar-refractivity contribution in [2.24, 2.45) is 0 Å². The Hall–Kier alpha value is -3.43. The average Bonchev–Trinajstić information content (AvgIpc) is 3.16. The van der Waals surface area contributed by atoms with Gasteiger partial charge in [-0.2, -0.15) is 12.7 Å². The molecule has 1 aliphatic carbocycles. The van der Waals surface area contributed by atoms with Crippen molar-refractivity contribution in [3.8, 4) is 11.3 Å². The van der Waals surface area contributed by atoms with E-state index in [-0.39, 0.29) is 12.1 Å². The number of nitrogens with one attached hydrogen (secondary N) is 1. The predicted octanol–water partition coefficient (Wildman–Crippen LogP) is 5.49. The molecule has 0 saturated heterocycles. The van der Waals surface area contributed by atoms with Gasteiger partial charge in [-0.15, -0.1) is 0 Å². The van der Waals surface area contributed by atoms with E-state index in [1.807, 2.05) is 44.2 Å². The van der Waals surface area contributed by atoms with Crippen LogP contribution in [0.5, 0.6) is 0 Å². The number of hydrogen-bond donors (Lipinski definition) is 1. The number of aromatic nitrogens is 1. The number of amides is 1. The molecule has 1 saturated carbocycles. The van der Waals surface area contributed by atoms with Crippen LogP contribution < -0.4 is 4.72 Å². The van der Waals surface area contributed by atoms with Crippen LogP contribution in [0.1, 0.15) is 73.4 Å². The number of carbonyl (C=O) groups excluding carboxylic acids is 2. The Morgan fingerprint density at radius 2 is 1.72 bits per heavy atom. The van der Waals surface area contributed by atoms with Crippen LogP contribution in [0.4, 0.5) is 0 Å². The molecule has 2 heterocycles. The van der Waals surface area contributed by atoms with Gasteiger partial charge < -0.3 is 9.30 Å². The van der Waals surface area contributed by atoms with E-state index in [0.29, 0.717) is 11.5 Å². The summed E-state index contributed by atoms with van der Waals surface area (Å²) in [5.41, 5.74) is 5.77. The average molecular weight is 552 g/mol.